The van der Waals surface area contributed by atoms with E-state index in [0.717, 1.165) is 5.69 Å². The number of benzene rings is 1. The summed E-state index contributed by atoms with van der Waals surface area (Å²) >= 11 is 1.67. The van der Waals surface area contributed by atoms with E-state index < -0.39 is 0 Å². The number of rotatable bonds is 4. The van der Waals surface area contributed by atoms with Gasteiger partial charge in [-0.15, -0.1) is 11.3 Å². The number of aromatic nitrogens is 1. The van der Waals surface area contributed by atoms with Gasteiger partial charge < -0.3 is 9.47 Å². The molecule has 106 valence electrons. The van der Waals surface area contributed by atoms with Gasteiger partial charge in [0.1, 0.15) is 0 Å². The monoisotopic (exact) mass is 296 g/mol. The molecule has 0 aliphatic heterocycles. The largest absolute Gasteiger partial charge is 0.337 e. The minimum atomic E-state index is 0.0439. The van der Waals surface area contributed by atoms with E-state index in [0.29, 0.717) is 12.1 Å². The maximum absolute atomic E-state index is 12.4. The van der Waals surface area contributed by atoms with E-state index in [-0.39, 0.29) is 5.91 Å². The molecule has 21 heavy (non-hydrogen) atoms. The number of amides is 1. The quantitative estimate of drug-likeness (QED) is 0.718. The number of carbonyl (C=O) groups is 1. The Hall–Kier alpha value is -2.33. The zero-order valence-corrected chi connectivity index (χ0v) is 12.6. The van der Waals surface area contributed by atoms with Gasteiger partial charge in [-0.1, -0.05) is 6.07 Å². The van der Waals surface area contributed by atoms with Crippen molar-refractivity contribution in [3.8, 4) is 5.69 Å². The van der Waals surface area contributed by atoms with Crippen LogP contribution in [0.5, 0.6) is 0 Å². The maximum atomic E-state index is 12.4. The van der Waals surface area contributed by atoms with Crippen LogP contribution in [0.2, 0.25) is 0 Å². The first kappa shape index (κ1) is 13.6. The first-order chi connectivity index (χ1) is 10.2. The number of carbonyl (C=O) groups excluding carboxylic acids is 1. The fourth-order valence-corrected chi connectivity index (χ4v) is 2.97. The summed E-state index contributed by atoms with van der Waals surface area (Å²) < 4.78 is 2.02. The van der Waals surface area contributed by atoms with Crippen LogP contribution in [0.1, 0.15) is 15.2 Å². The van der Waals surface area contributed by atoms with Crippen molar-refractivity contribution in [1.29, 1.82) is 0 Å². The van der Waals surface area contributed by atoms with Crippen molar-refractivity contribution in [2.75, 3.05) is 7.05 Å². The second-order valence-corrected chi connectivity index (χ2v) is 5.91. The Bertz CT molecular complexity index is 700. The zero-order valence-electron chi connectivity index (χ0n) is 11.8. The van der Waals surface area contributed by atoms with Gasteiger partial charge in [0.05, 0.1) is 6.54 Å². The van der Waals surface area contributed by atoms with Gasteiger partial charge in [0.2, 0.25) is 0 Å². The summed E-state index contributed by atoms with van der Waals surface area (Å²) in [6.45, 7) is 0.649. The van der Waals surface area contributed by atoms with Crippen LogP contribution >= 0.6 is 11.3 Å². The number of nitrogens with zero attached hydrogens (tertiary/aromatic N) is 2. The van der Waals surface area contributed by atoms with Crippen LogP contribution in [0, 0.1) is 0 Å². The van der Waals surface area contributed by atoms with Crippen LogP contribution in [-0.2, 0) is 6.54 Å². The Labute approximate surface area is 128 Å². The van der Waals surface area contributed by atoms with Crippen LogP contribution < -0.4 is 0 Å². The Balaban J connectivity index is 1.72. The molecule has 0 N–H and O–H groups in total. The van der Waals surface area contributed by atoms with Gasteiger partial charge in [0, 0.05) is 35.6 Å². The molecular formula is C17H16N2OS. The SMILES string of the molecule is CN(Cc1cccs1)C(=O)c1ccc(-n2cccc2)cc1. The molecule has 2 aromatic heterocycles. The summed E-state index contributed by atoms with van der Waals surface area (Å²) in [6, 6.07) is 15.7. The van der Waals surface area contributed by atoms with Gasteiger partial charge in [-0.05, 0) is 47.8 Å². The van der Waals surface area contributed by atoms with E-state index in [2.05, 4.69) is 0 Å². The molecule has 3 nitrogen and oxygen atoms in total. The molecule has 0 saturated carbocycles. The Morgan fingerprint density at radius 3 is 2.43 bits per heavy atom. The van der Waals surface area contributed by atoms with E-state index in [4.69, 9.17) is 0 Å². The van der Waals surface area contributed by atoms with Crippen LogP contribution in [-0.4, -0.2) is 22.4 Å². The molecule has 0 unspecified atom stereocenters. The van der Waals surface area contributed by atoms with Crippen LogP contribution in [0.3, 0.4) is 0 Å². The molecule has 0 spiro atoms. The molecular weight excluding hydrogens is 280 g/mol. The minimum Gasteiger partial charge on any atom is -0.337 e. The second kappa shape index (κ2) is 5.97. The van der Waals surface area contributed by atoms with E-state index in [1.165, 1.54) is 4.88 Å². The molecule has 0 radical (unpaired) electrons. The lowest BCUT2D eigenvalue weighted by atomic mass is 10.2. The van der Waals surface area contributed by atoms with Gasteiger partial charge in [-0.3, -0.25) is 4.79 Å². The highest BCUT2D eigenvalue weighted by atomic mass is 32.1. The highest BCUT2D eigenvalue weighted by Crippen LogP contribution is 2.15. The molecule has 0 saturated heterocycles. The van der Waals surface area contributed by atoms with E-state index in [1.54, 1.807) is 16.2 Å². The van der Waals surface area contributed by atoms with Crippen molar-refractivity contribution in [3.05, 3.63) is 76.7 Å². The van der Waals surface area contributed by atoms with Crippen molar-refractivity contribution < 1.29 is 4.79 Å². The van der Waals surface area contributed by atoms with Crippen molar-refractivity contribution in [1.82, 2.24) is 9.47 Å². The fourth-order valence-electron chi connectivity index (χ4n) is 2.21. The Kier molecular flexibility index (Phi) is 3.88. The van der Waals surface area contributed by atoms with E-state index in [9.17, 15) is 4.79 Å². The molecule has 0 bridgehead atoms. The molecule has 2 heterocycles. The average Bonchev–Trinajstić information content (AvgIpc) is 3.20. The van der Waals surface area contributed by atoms with Crippen LogP contribution in [0.25, 0.3) is 5.69 Å². The van der Waals surface area contributed by atoms with Gasteiger partial charge in [0.15, 0.2) is 0 Å². The summed E-state index contributed by atoms with van der Waals surface area (Å²) in [5, 5.41) is 2.03. The van der Waals surface area contributed by atoms with Gasteiger partial charge in [-0.2, -0.15) is 0 Å². The summed E-state index contributed by atoms with van der Waals surface area (Å²) in [5.41, 5.74) is 1.77. The summed E-state index contributed by atoms with van der Waals surface area (Å²) in [6.07, 6.45) is 3.97. The average molecular weight is 296 g/mol. The smallest absolute Gasteiger partial charge is 0.253 e. The predicted octanol–water partition coefficient (Wildman–Crippen LogP) is 3.81. The predicted molar refractivity (Wildman–Crippen MR) is 85.9 cm³/mol. The lowest BCUT2D eigenvalue weighted by Gasteiger charge is -2.16. The first-order valence-electron chi connectivity index (χ1n) is 6.75. The van der Waals surface area contributed by atoms with Crippen molar-refractivity contribution in [2.45, 2.75) is 6.54 Å². The zero-order chi connectivity index (χ0) is 14.7. The molecule has 0 aliphatic carbocycles. The molecule has 3 rings (SSSR count). The molecule has 3 aromatic rings. The third-order valence-corrected chi connectivity index (χ3v) is 4.20. The summed E-state index contributed by atoms with van der Waals surface area (Å²) in [5.74, 6) is 0.0439. The minimum absolute atomic E-state index is 0.0439. The molecule has 1 amide bonds. The number of thiophene rings is 1. The lowest BCUT2D eigenvalue weighted by molar-refractivity contribution is 0.0786. The van der Waals surface area contributed by atoms with Gasteiger partial charge in [0.25, 0.3) is 5.91 Å². The summed E-state index contributed by atoms with van der Waals surface area (Å²) in [7, 11) is 1.84. The topological polar surface area (TPSA) is 25.2 Å². The fraction of sp³-hybridized carbons (Fsp3) is 0.118. The number of hydrogen-bond acceptors (Lipinski definition) is 2. The molecule has 0 atom stereocenters. The molecule has 0 aliphatic rings. The third-order valence-electron chi connectivity index (χ3n) is 3.34. The maximum Gasteiger partial charge on any atom is 0.253 e. The van der Waals surface area contributed by atoms with Crippen molar-refractivity contribution in [2.24, 2.45) is 0 Å². The van der Waals surface area contributed by atoms with E-state index in [1.807, 2.05) is 77.9 Å². The highest BCUT2D eigenvalue weighted by Gasteiger charge is 2.12. The normalized spacial score (nSPS) is 10.5. The van der Waals surface area contributed by atoms with E-state index >= 15 is 0 Å². The molecule has 0 fully saturated rings. The van der Waals surface area contributed by atoms with Gasteiger partial charge >= 0.3 is 0 Å². The van der Waals surface area contributed by atoms with Crippen molar-refractivity contribution in [3.63, 3.8) is 0 Å². The Morgan fingerprint density at radius 1 is 1.10 bits per heavy atom. The Morgan fingerprint density at radius 2 is 1.81 bits per heavy atom. The second-order valence-electron chi connectivity index (χ2n) is 4.88. The molecule has 4 heteroatoms. The van der Waals surface area contributed by atoms with Gasteiger partial charge in [-0.25, -0.2) is 0 Å². The molecule has 1 aromatic carbocycles. The standard InChI is InChI=1S/C17H16N2OS/c1-18(13-16-5-4-12-21-16)17(20)14-6-8-15(9-7-14)19-10-2-3-11-19/h2-12H,13H2,1H3. The first-order valence-corrected chi connectivity index (χ1v) is 7.63. The number of hydrogen-bond donors (Lipinski definition) is 0. The summed E-state index contributed by atoms with van der Waals surface area (Å²) in [4.78, 5) is 15.3. The lowest BCUT2D eigenvalue weighted by Crippen LogP contribution is -2.25. The highest BCUT2D eigenvalue weighted by molar-refractivity contribution is 7.09. The third kappa shape index (κ3) is 3.06. The van der Waals surface area contributed by atoms with Crippen LogP contribution in [0.15, 0.2) is 66.3 Å². The van der Waals surface area contributed by atoms with Crippen molar-refractivity contribution >= 4 is 17.2 Å². The van der Waals surface area contributed by atoms with Crippen LogP contribution in [0.4, 0.5) is 0 Å².